The SMILES string of the molecule is CC(C)(C)c1ccc(C(=O)Nc2cccc(NC(=O)c3ccc(NS(C)(=O)=O)cc3Cl)c2)cc1. The minimum absolute atomic E-state index is 0.00498. The quantitative estimate of drug-likeness (QED) is 0.415. The van der Waals surface area contributed by atoms with E-state index >= 15 is 0 Å². The minimum Gasteiger partial charge on any atom is -0.322 e. The fraction of sp³-hybridized carbons (Fsp3) is 0.200. The first-order chi connectivity index (χ1) is 15.8. The molecule has 0 aliphatic heterocycles. The maximum atomic E-state index is 12.7. The predicted octanol–water partition coefficient (Wildman–Crippen LogP) is 5.51. The Morgan fingerprint density at radius 3 is 1.91 bits per heavy atom. The maximum Gasteiger partial charge on any atom is 0.257 e. The molecule has 34 heavy (non-hydrogen) atoms. The van der Waals surface area contributed by atoms with Crippen LogP contribution in [0.15, 0.2) is 66.7 Å². The number of benzene rings is 3. The molecule has 3 aromatic carbocycles. The molecule has 9 heteroatoms. The lowest BCUT2D eigenvalue weighted by atomic mass is 9.87. The summed E-state index contributed by atoms with van der Waals surface area (Å²) in [7, 11) is -3.46. The van der Waals surface area contributed by atoms with Crippen LogP contribution >= 0.6 is 11.6 Å². The number of hydrogen-bond acceptors (Lipinski definition) is 4. The zero-order chi connectivity index (χ0) is 25.1. The molecule has 0 bridgehead atoms. The number of anilines is 3. The number of carbonyl (C=O) groups is 2. The summed E-state index contributed by atoms with van der Waals surface area (Å²) in [6.45, 7) is 6.32. The average molecular weight is 500 g/mol. The lowest BCUT2D eigenvalue weighted by Gasteiger charge is -2.19. The number of hydrogen-bond donors (Lipinski definition) is 3. The molecule has 3 N–H and O–H groups in total. The maximum absolute atomic E-state index is 12.7. The largest absolute Gasteiger partial charge is 0.322 e. The van der Waals surface area contributed by atoms with Gasteiger partial charge in [0.2, 0.25) is 10.0 Å². The molecule has 0 aliphatic rings. The summed E-state index contributed by atoms with van der Waals surface area (Å²) in [5.41, 5.74) is 3.05. The second-order valence-corrected chi connectivity index (χ2v) is 11.0. The van der Waals surface area contributed by atoms with Crippen LogP contribution in [-0.4, -0.2) is 26.5 Å². The zero-order valence-electron chi connectivity index (χ0n) is 19.3. The Morgan fingerprint density at radius 2 is 1.38 bits per heavy atom. The summed E-state index contributed by atoms with van der Waals surface area (Å²) in [5, 5.41) is 5.65. The molecule has 7 nitrogen and oxygen atoms in total. The number of nitrogens with one attached hydrogen (secondary N) is 3. The van der Waals surface area contributed by atoms with Gasteiger partial charge in [-0.1, -0.05) is 50.6 Å². The fourth-order valence-electron chi connectivity index (χ4n) is 3.17. The Hall–Kier alpha value is -3.36. The molecule has 3 aromatic rings. The van der Waals surface area contributed by atoms with Crippen LogP contribution in [0.25, 0.3) is 0 Å². The molecule has 0 heterocycles. The highest BCUT2D eigenvalue weighted by molar-refractivity contribution is 7.92. The fourth-order valence-corrected chi connectivity index (χ4v) is 4.00. The van der Waals surface area contributed by atoms with Gasteiger partial charge in [-0.2, -0.15) is 0 Å². The molecule has 0 fully saturated rings. The van der Waals surface area contributed by atoms with Gasteiger partial charge in [0.1, 0.15) is 0 Å². The van der Waals surface area contributed by atoms with Crippen LogP contribution in [0.4, 0.5) is 17.1 Å². The minimum atomic E-state index is -3.46. The highest BCUT2D eigenvalue weighted by Crippen LogP contribution is 2.25. The Morgan fingerprint density at radius 1 is 0.794 bits per heavy atom. The summed E-state index contributed by atoms with van der Waals surface area (Å²) >= 11 is 6.17. The van der Waals surface area contributed by atoms with Crippen LogP contribution in [0.5, 0.6) is 0 Å². The lowest BCUT2D eigenvalue weighted by Crippen LogP contribution is -2.15. The third kappa shape index (κ3) is 6.82. The van der Waals surface area contributed by atoms with Crippen LogP contribution in [-0.2, 0) is 15.4 Å². The molecule has 0 aliphatic carbocycles. The van der Waals surface area contributed by atoms with Gasteiger partial charge < -0.3 is 10.6 Å². The van der Waals surface area contributed by atoms with Crippen molar-refractivity contribution < 1.29 is 18.0 Å². The molecule has 0 spiro atoms. The third-order valence-corrected chi connectivity index (χ3v) is 5.83. The Bertz CT molecular complexity index is 1330. The average Bonchev–Trinajstić information content (AvgIpc) is 2.72. The van der Waals surface area contributed by atoms with Crippen molar-refractivity contribution in [2.24, 2.45) is 0 Å². The molecule has 2 amide bonds. The van der Waals surface area contributed by atoms with Crippen molar-refractivity contribution in [2.75, 3.05) is 21.6 Å². The Balaban J connectivity index is 1.69. The number of carbonyl (C=O) groups excluding carboxylic acids is 2. The van der Waals surface area contributed by atoms with Gasteiger partial charge in [-0.05, 0) is 59.5 Å². The van der Waals surface area contributed by atoms with E-state index in [1.807, 2.05) is 12.1 Å². The van der Waals surface area contributed by atoms with E-state index in [1.165, 1.54) is 18.2 Å². The zero-order valence-corrected chi connectivity index (χ0v) is 20.8. The summed E-state index contributed by atoms with van der Waals surface area (Å²) < 4.78 is 25.0. The molecule has 0 unspecified atom stereocenters. The molecular formula is C25H26ClN3O4S. The van der Waals surface area contributed by atoms with Crippen molar-refractivity contribution >= 4 is 50.5 Å². The van der Waals surface area contributed by atoms with Crippen molar-refractivity contribution in [3.05, 3.63) is 88.4 Å². The van der Waals surface area contributed by atoms with E-state index in [4.69, 9.17) is 11.6 Å². The first kappa shape index (κ1) is 25.3. The first-order valence-corrected chi connectivity index (χ1v) is 12.7. The molecule has 3 rings (SSSR count). The Labute approximate surface area is 204 Å². The molecule has 0 saturated carbocycles. The topological polar surface area (TPSA) is 104 Å². The van der Waals surface area contributed by atoms with E-state index < -0.39 is 15.9 Å². The van der Waals surface area contributed by atoms with Gasteiger partial charge >= 0.3 is 0 Å². The lowest BCUT2D eigenvalue weighted by molar-refractivity contribution is 0.101. The van der Waals surface area contributed by atoms with Gasteiger partial charge in [-0.3, -0.25) is 14.3 Å². The van der Waals surface area contributed by atoms with Crippen molar-refractivity contribution in [1.29, 1.82) is 0 Å². The van der Waals surface area contributed by atoms with Gasteiger partial charge in [0.15, 0.2) is 0 Å². The molecular weight excluding hydrogens is 474 g/mol. The number of sulfonamides is 1. The van der Waals surface area contributed by atoms with Crippen LogP contribution in [0.2, 0.25) is 5.02 Å². The molecule has 0 saturated heterocycles. The van der Waals surface area contributed by atoms with Crippen molar-refractivity contribution in [3.8, 4) is 0 Å². The van der Waals surface area contributed by atoms with E-state index in [-0.39, 0.29) is 27.6 Å². The third-order valence-electron chi connectivity index (χ3n) is 4.91. The van der Waals surface area contributed by atoms with E-state index in [9.17, 15) is 18.0 Å². The van der Waals surface area contributed by atoms with E-state index in [1.54, 1.807) is 36.4 Å². The van der Waals surface area contributed by atoms with Gasteiger partial charge in [0, 0.05) is 22.6 Å². The first-order valence-electron chi connectivity index (χ1n) is 10.4. The van der Waals surface area contributed by atoms with Crippen molar-refractivity contribution in [2.45, 2.75) is 26.2 Å². The molecule has 0 atom stereocenters. The van der Waals surface area contributed by atoms with E-state index in [2.05, 4.69) is 36.1 Å². The smallest absolute Gasteiger partial charge is 0.257 e. The number of rotatable bonds is 6. The van der Waals surface area contributed by atoms with E-state index in [0.29, 0.717) is 16.9 Å². The molecule has 0 aromatic heterocycles. The summed E-state index contributed by atoms with van der Waals surface area (Å²) in [6.07, 6.45) is 1.02. The highest BCUT2D eigenvalue weighted by atomic mass is 35.5. The van der Waals surface area contributed by atoms with Gasteiger partial charge in [0.25, 0.3) is 11.8 Å². The standard InChI is InChI=1S/C25H26ClN3O4S/c1-25(2,3)17-10-8-16(9-11-17)23(30)27-18-6-5-7-19(14-18)28-24(31)21-13-12-20(15-22(21)26)29-34(4,32)33/h5-15,29H,1-4H3,(H,27,30)(H,28,31). The number of amides is 2. The monoisotopic (exact) mass is 499 g/mol. The van der Waals surface area contributed by atoms with Crippen LogP contribution in [0, 0.1) is 0 Å². The van der Waals surface area contributed by atoms with Gasteiger partial charge in [-0.25, -0.2) is 8.42 Å². The second-order valence-electron chi connectivity index (χ2n) is 8.89. The highest BCUT2D eigenvalue weighted by Gasteiger charge is 2.15. The summed E-state index contributed by atoms with van der Waals surface area (Å²) in [5.74, 6) is -0.738. The molecule has 0 radical (unpaired) electrons. The predicted molar refractivity (Wildman–Crippen MR) is 137 cm³/mol. The number of halogens is 1. The van der Waals surface area contributed by atoms with E-state index in [0.717, 1.165) is 11.8 Å². The molecule has 178 valence electrons. The van der Waals surface area contributed by atoms with Gasteiger partial charge in [-0.15, -0.1) is 0 Å². The summed E-state index contributed by atoms with van der Waals surface area (Å²) in [6, 6.07) is 18.4. The van der Waals surface area contributed by atoms with Crippen LogP contribution < -0.4 is 15.4 Å². The van der Waals surface area contributed by atoms with Gasteiger partial charge in [0.05, 0.1) is 16.8 Å². The van der Waals surface area contributed by atoms with Crippen LogP contribution in [0.3, 0.4) is 0 Å². The van der Waals surface area contributed by atoms with Crippen molar-refractivity contribution in [3.63, 3.8) is 0 Å². The second kappa shape index (κ2) is 9.87. The Kier molecular flexibility index (Phi) is 7.33. The normalized spacial score (nSPS) is 11.6. The summed E-state index contributed by atoms with van der Waals surface area (Å²) in [4.78, 5) is 25.3. The van der Waals surface area contributed by atoms with Crippen molar-refractivity contribution in [1.82, 2.24) is 0 Å². The van der Waals surface area contributed by atoms with Crippen LogP contribution in [0.1, 0.15) is 47.1 Å².